The van der Waals surface area contributed by atoms with Gasteiger partial charge in [-0.15, -0.1) is 0 Å². The maximum atomic E-state index is 12.5. The maximum absolute atomic E-state index is 12.5. The number of aryl methyl sites for hydroxylation is 1. The van der Waals surface area contributed by atoms with Gasteiger partial charge in [-0.2, -0.15) is 0 Å². The van der Waals surface area contributed by atoms with Gasteiger partial charge < -0.3 is 4.74 Å². The van der Waals surface area contributed by atoms with Crippen LogP contribution in [0, 0.1) is 17.4 Å². The number of methoxy groups -OCH3 is 1. The summed E-state index contributed by atoms with van der Waals surface area (Å²) >= 11 is 8.11. The molecule has 0 atom stereocenters. The largest absolute Gasteiger partial charge is 0.496 e. The summed E-state index contributed by atoms with van der Waals surface area (Å²) in [6.07, 6.45) is 1.97. The van der Waals surface area contributed by atoms with Gasteiger partial charge in [-0.1, -0.05) is 11.6 Å². The summed E-state index contributed by atoms with van der Waals surface area (Å²) in [5, 5.41) is 0.560. The molecule has 0 unspecified atom stereocenters. The monoisotopic (exact) mass is 415 g/mol. The molecule has 0 aliphatic carbocycles. The molecule has 2 rings (SSSR count). The van der Waals surface area contributed by atoms with E-state index in [1.165, 1.54) is 0 Å². The van der Waals surface area contributed by atoms with Gasteiger partial charge in [-0.25, -0.2) is 0 Å². The van der Waals surface area contributed by atoms with Gasteiger partial charge in [-0.3, -0.25) is 9.78 Å². The van der Waals surface area contributed by atoms with Crippen LogP contribution in [-0.4, -0.2) is 17.9 Å². The van der Waals surface area contributed by atoms with Crippen LogP contribution < -0.4 is 4.74 Å². The molecule has 0 radical (unpaired) electrons. The van der Waals surface area contributed by atoms with E-state index in [1.54, 1.807) is 25.4 Å². The number of ether oxygens (including phenoxy) is 1. The molecule has 0 saturated carbocycles. The van der Waals surface area contributed by atoms with Gasteiger partial charge in [0.25, 0.3) is 0 Å². The fraction of sp³-hybridized carbons (Fsp3) is 0.250. The number of hydrogen-bond donors (Lipinski definition) is 0. The van der Waals surface area contributed by atoms with Crippen LogP contribution in [0.2, 0.25) is 5.02 Å². The number of Topliss-reactive ketones (excluding diaryl/α,β-unsaturated/α-hetero) is 1. The Labute approximate surface area is 142 Å². The van der Waals surface area contributed by atoms with Crippen molar-refractivity contribution in [2.24, 2.45) is 0 Å². The Bertz CT molecular complexity index is 701. The number of ketones is 1. The highest BCUT2D eigenvalue weighted by molar-refractivity contribution is 14.1. The molecule has 0 aliphatic rings. The second-order valence-electron chi connectivity index (χ2n) is 4.77. The molecule has 1 heterocycles. The lowest BCUT2D eigenvalue weighted by molar-refractivity contribution is 0.0991. The summed E-state index contributed by atoms with van der Waals surface area (Å²) in [7, 11) is 1.63. The van der Waals surface area contributed by atoms with Crippen molar-refractivity contribution >= 4 is 40.0 Å². The lowest BCUT2D eigenvalue weighted by atomic mass is 10.0. The minimum Gasteiger partial charge on any atom is -0.496 e. The Hall–Kier alpha value is -1.14. The maximum Gasteiger partial charge on any atom is 0.169 e. The van der Waals surface area contributed by atoms with Crippen molar-refractivity contribution in [3.63, 3.8) is 0 Å². The van der Waals surface area contributed by atoms with Crippen molar-refractivity contribution < 1.29 is 9.53 Å². The van der Waals surface area contributed by atoms with Crippen molar-refractivity contribution in [3.8, 4) is 5.75 Å². The molecule has 0 aliphatic heterocycles. The molecule has 21 heavy (non-hydrogen) atoms. The summed E-state index contributed by atoms with van der Waals surface area (Å²) < 4.78 is 6.26. The smallest absolute Gasteiger partial charge is 0.169 e. The van der Waals surface area contributed by atoms with E-state index in [1.807, 2.05) is 19.9 Å². The molecule has 110 valence electrons. The van der Waals surface area contributed by atoms with E-state index in [0.29, 0.717) is 10.6 Å². The number of hydrogen-bond acceptors (Lipinski definition) is 3. The van der Waals surface area contributed by atoms with Gasteiger partial charge in [0, 0.05) is 31.5 Å². The number of halogens is 2. The number of rotatable bonds is 4. The number of aromatic nitrogens is 1. The molecule has 0 N–H and O–H groups in total. The molecule has 1 aromatic carbocycles. The molecule has 3 nitrogen and oxygen atoms in total. The molecule has 0 spiro atoms. The van der Waals surface area contributed by atoms with Crippen LogP contribution in [0.25, 0.3) is 0 Å². The molecule has 0 amide bonds. The number of carbonyl (C=O) groups excluding carboxylic acids is 1. The van der Waals surface area contributed by atoms with Crippen LogP contribution in [0.4, 0.5) is 0 Å². The zero-order chi connectivity index (χ0) is 15.6. The van der Waals surface area contributed by atoms with Crippen molar-refractivity contribution in [3.05, 3.63) is 55.4 Å². The molecule has 1 aromatic heterocycles. The first-order valence-electron chi connectivity index (χ1n) is 6.41. The predicted octanol–water partition coefficient (Wildman–Crippen LogP) is 4.39. The minimum atomic E-state index is 0.00315. The van der Waals surface area contributed by atoms with Gasteiger partial charge in [0.2, 0.25) is 0 Å². The van der Waals surface area contributed by atoms with Gasteiger partial charge in [-0.05, 0) is 54.6 Å². The van der Waals surface area contributed by atoms with Crippen LogP contribution in [0.1, 0.15) is 27.2 Å². The zero-order valence-corrected chi connectivity index (χ0v) is 14.9. The van der Waals surface area contributed by atoms with Crippen LogP contribution >= 0.6 is 34.2 Å². The van der Waals surface area contributed by atoms with Gasteiger partial charge >= 0.3 is 0 Å². The van der Waals surface area contributed by atoms with E-state index in [0.717, 1.165) is 26.1 Å². The fourth-order valence-corrected chi connectivity index (χ4v) is 3.02. The van der Waals surface area contributed by atoms with E-state index in [9.17, 15) is 4.79 Å². The molecule has 5 heteroatoms. The summed E-state index contributed by atoms with van der Waals surface area (Å²) in [6, 6.07) is 5.32. The zero-order valence-electron chi connectivity index (χ0n) is 12.0. The summed E-state index contributed by atoms with van der Waals surface area (Å²) in [5.41, 5.74) is 3.23. The fourth-order valence-electron chi connectivity index (χ4n) is 2.21. The highest BCUT2D eigenvalue weighted by atomic mass is 127. The quantitative estimate of drug-likeness (QED) is 0.549. The Morgan fingerprint density at radius 2 is 2.10 bits per heavy atom. The van der Waals surface area contributed by atoms with Crippen LogP contribution in [0.3, 0.4) is 0 Å². The van der Waals surface area contributed by atoms with E-state index in [2.05, 4.69) is 27.6 Å². The Morgan fingerprint density at radius 3 is 2.76 bits per heavy atom. The SMILES string of the molecule is COc1c(C)cnc(CC(=O)c2cc(Cl)ccc2I)c1C. The van der Waals surface area contributed by atoms with Crippen molar-refractivity contribution in [2.75, 3.05) is 7.11 Å². The van der Waals surface area contributed by atoms with E-state index < -0.39 is 0 Å². The van der Waals surface area contributed by atoms with Crippen LogP contribution in [0.5, 0.6) is 5.75 Å². The standard InChI is InChI=1S/C16H15ClINO2/c1-9-8-19-14(10(2)16(9)21-3)7-15(20)12-6-11(17)4-5-13(12)18/h4-6,8H,7H2,1-3H3. The highest BCUT2D eigenvalue weighted by Crippen LogP contribution is 2.26. The summed E-state index contributed by atoms with van der Waals surface area (Å²) in [4.78, 5) is 16.8. The van der Waals surface area contributed by atoms with E-state index >= 15 is 0 Å². The molecule has 0 saturated heterocycles. The number of carbonyl (C=O) groups is 1. The van der Waals surface area contributed by atoms with Crippen LogP contribution in [-0.2, 0) is 6.42 Å². The number of benzene rings is 1. The van der Waals surface area contributed by atoms with E-state index in [4.69, 9.17) is 16.3 Å². The minimum absolute atomic E-state index is 0.00315. The first kappa shape index (κ1) is 16.2. The normalized spacial score (nSPS) is 10.5. The lowest BCUT2D eigenvalue weighted by Crippen LogP contribution is -2.09. The van der Waals surface area contributed by atoms with E-state index in [-0.39, 0.29) is 12.2 Å². The number of nitrogens with zero attached hydrogens (tertiary/aromatic N) is 1. The average molecular weight is 416 g/mol. The third kappa shape index (κ3) is 3.55. The summed E-state index contributed by atoms with van der Waals surface area (Å²) in [6.45, 7) is 3.86. The third-order valence-electron chi connectivity index (χ3n) is 3.31. The molecule has 0 bridgehead atoms. The molecular weight excluding hydrogens is 401 g/mol. The Balaban J connectivity index is 2.34. The predicted molar refractivity (Wildman–Crippen MR) is 92.5 cm³/mol. The van der Waals surface area contributed by atoms with Crippen molar-refractivity contribution in [1.29, 1.82) is 0 Å². The van der Waals surface area contributed by atoms with Gasteiger partial charge in [0.15, 0.2) is 5.78 Å². The van der Waals surface area contributed by atoms with Gasteiger partial charge in [0.1, 0.15) is 5.75 Å². The third-order valence-corrected chi connectivity index (χ3v) is 4.48. The first-order chi connectivity index (χ1) is 9.93. The second kappa shape index (κ2) is 6.75. The number of pyridine rings is 1. The van der Waals surface area contributed by atoms with Crippen molar-refractivity contribution in [2.45, 2.75) is 20.3 Å². The summed E-state index contributed by atoms with van der Waals surface area (Å²) in [5.74, 6) is 0.789. The molecular formula is C16H15ClINO2. The average Bonchev–Trinajstić information content (AvgIpc) is 2.45. The molecule has 0 fully saturated rings. The van der Waals surface area contributed by atoms with Crippen LogP contribution in [0.15, 0.2) is 24.4 Å². The first-order valence-corrected chi connectivity index (χ1v) is 7.87. The van der Waals surface area contributed by atoms with Crippen molar-refractivity contribution in [1.82, 2.24) is 4.98 Å². The Morgan fingerprint density at radius 1 is 1.38 bits per heavy atom. The second-order valence-corrected chi connectivity index (χ2v) is 6.37. The topological polar surface area (TPSA) is 39.2 Å². The highest BCUT2D eigenvalue weighted by Gasteiger charge is 2.16. The van der Waals surface area contributed by atoms with Gasteiger partial charge in [0.05, 0.1) is 19.2 Å². The lowest BCUT2D eigenvalue weighted by Gasteiger charge is -2.12. The molecule has 2 aromatic rings. The Kier molecular flexibility index (Phi) is 5.22.